The number of halogens is 1. The normalized spacial score (nSPS) is 11.4. The number of aryl methyl sites for hydroxylation is 1. The highest BCUT2D eigenvalue weighted by atomic mass is 127. The van der Waals surface area contributed by atoms with Crippen LogP contribution in [0.4, 0.5) is 0 Å². The fraction of sp³-hybridized carbons (Fsp3) is 0.227. The number of H-pyrrole nitrogens is 1. The largest absolute Gasteiger partial charge is 0.493 e. The SMILES string of the molecule is CCCc1nc(S/C(=C\c2cc(I)c(OCc3ccccc3)c(OC)c2)C(=O)O)n[nH]1. The number of hydrogen-bond donors (Lipinski definition) is 2. The van der Waals surface area contributed by atoms with E-state index in [4.69, 9.17) is 9.47 Å². The Bertz CT molecular complexity index is 1070. The van der Waals surface area contributed by atoms with Gasteiger partial charge in [0.05, 0.1) is 10.7 Å². The smallest absolute Gasteiger partial charge is 0.342 e. The Morgan fingerprint density at radius 2 is 2.06 bits per heavy atom. The highest BCUT2D eigenvalue weighted by Gasteiger charge is 2.16. The van der Waals surface area contributed by atoms with Crippen molar-refractivity contribution < 1.29 is 19.4 Å². The molecule has 2 N–H and O–H groups in total. The average Bonchev–Trinajstić information content (AvgIpc) is 3.20. The summed E-state index contributed by atoms with van der Waals surface area (Å²) in [7, 11) is 1.56. The quantitative estimate of drug-likeness (QED) is 0.204. The molecule has 3 aromatic rings. The lowest BCUT2D eigenvalue weighted by molar-refractivity contribution is -0.131. The highest BCUT2D eigenvalue weighted by Crippen LogP contribution is 2.36. The van der Waals surface area contributed by atoms with Gasteiger partial charge in [-0.25, -0.2) is 9.78 Å². The summed E-state index contributed by atoms with van der Waals surface area (Å²) in [6.07, 6.45) is 3.27. The molecule has 162 valence electrons. The van der Waals surface area contributed by atoms with Crippen LogP contribution in [0.2, 0.25) is 0 Å². The Balaban J connectivity index is 1.83. The molecule has 9 heteroatoms. The Hall–Kier alpha value is -2.53. The van der Waals surface area contributed by atoms with E-state index >= 15 is 0 Å². The van der Waals surface area contributed by atoms with Crippen molar-refractivity contribution in [2.45, 2.75) is 31.5 Å². The van der Waals surface area contributed by atoms with Gasteiger partial charge in [0.2, 0.25) is 5.16 Å². The first-order chi connectivity index (χ1) is 15.0. The number of aliphatic carboxylic acids is 1. The molecule has 0 amide bonds. The molecule has 0 bridgehead atoms. The summed E-state index contributed by atoms with van der Waals surface area (Å²) in [6, 6.07) is 13.5. The number of thioether (sulfide) groups is 1. The minimum absolute atomic E-state index is 0.109. The van der Waals surface area contributed by atoms with E-state index in [9.17, 15) is 9.90 Å². The lowest BCUT2D eigenvalue weighted by Gasteiger charge is -2.14. The molecule has 1 heterocycles. The molecule has 0 aliphatic heterocycles. The summed E-state index contributed by atoms with van der Waals surface area (Å²) in [4.78, 5) is 16.2. The molecule has 2 aromatic carbocycles. The minimum Gasteiger partial charge on any atom is -0.493 e. The molecule has 31 heavy (non-hydrogen) atoms. The van der Waals surface area contributed by atoms with Gasteiger partial charge in [0.1, 0.15) is 17.3 Å². The Labute approximate surface area is 198 Å². The van der Waals surface area contributed by atoms with Crippen LogP contribution in [0.5, 0.6) is 11.5 Å². The first kappa shape index (κ1) is 23.1. The number of nitrogens with zero attached hydrogens (tertiary/aromatic N) is 2. The van der Waals surface area contributed by atoms with E-state index in [1.807, 2.05) is 43.3 Å². The van der Waals surface area contributed by atoms with Gasteiger partial charge < -0.3 is 14.6 Å². The Morgan fingerprint density at radius 1 is 1.29 bits per heavy atom. The van der Waals surface area contributed by atoms with Crippen molar-refractivity contribution in [3.63, 3.8) is 0 Å². The molecule has 0 spiro atoms. The standard InChI is InChI=1S/C22H22IN3O4S/c1-3-7-19-24-22(26-25-19)31-18(21(27)28)12-15-10-16(23)20(17(11-15)29-2)30-13-14-8-5-4-6-9-14/h4-6,8-12H,3,7,13H2,1-2H3,(H,27,28)(H,24,25,26)/b18-12-. The first-order valence-corrected chi connectivity index (χ1v) is 11.5. The molecule has 3 rings (SSSR count). The predicted molar refractivity (Wildman–Crippen MR) is 128 cm³/mol. The fourth-order valence-electron chi connectivity index (χ4n) is 2.75. The van der Waals surface area contributed by atoms with Crippen molar-refractivity contribution >= 4 is 46.4 Å². The van der Waals surface area contributed by atoms with Crippen molar-refractivity contribution in [3.05, 3.63) is 67.9 Å². The molecule has 1 aromatic heterocycles. The monoisotopic (exact) mass is 551 g/mol. The number of ether oxygens (including phenoxy) is 2. The highest BCUT2D eigenvalue weighted by molar-refractivity contribution is 14.1. The van der Waals surface area contributed by atoms with E-state index in [1.54, 1.807) is 19.3 Å². The van der Waals surface area contributed by atoms with E-state index in [-0.39, 0.29) is 4.91 Å². The van der Waals surface area contributed by atoms with E-state index < -0.39 is 5.97 Å². The van der Waals surface area contributed by atoms with Gasteiger partial charge in [0.25, 0.3) is 0 Å². The second-order valence-electron chi connectivity index (χ2n) is 6.54. The zero-order chi connectivity index (χ0) is 22.2. The van der Waals surface area contributed by atoms with Gasteiger partial charge in [-0.3, -0.25) is 5.10 Å². The zero-order valence-electron chi connectivity index (χ0n) is 17.1. The van der Waals surface area contributed by atoms with Gasteiger partial charge in [0.15, 0.2) is 11.5 Å². The number of methoxy groups -OCH3 is 1. The summed E-state index contributed by atoms with van der Waals surface area (Å²) in [5.74, 6) is 0.842. The third kappa shape index (κ3) is 6.47. The molecule has 7 nitrogen and oxygen atoms in total. The molecule has 0 unspecified atom stereocenters. The number of aromatic nitrogens is 3. The third-order valence-electron chi connectivity index (χ3n) is 4.19. The second kappa shape index (κ2) is 11.2. The molecule has 0 saturated heterocycles. The van der Waals surface area contributed by atoms with Crippen LogP contribution >= 0.6 is 34.4 Å². The zero-order valence-corrected chi connectivity index (χ0v) is 20.1. The number of nitrogens with one attached hydrogen (secondary N) is 1. The number of carbonyl (C=O) groups is 1. The van der Waals surface area contributed by atoms with E-state index in [0.717, 1.165) is 39.6 Å². The summed E-state index contributed by atoms with van der Waals surface area (Å²) >= 11 is 3.16. The van der Waals surface area contributed by atoms with Gasteiger partial charge in [-0.1, -0.05) is 37.3 Å². The number of benzene rings is 2. The van der Waals surface area contributed by atoms with Gasteiger partial charge >= 0.3 is 5.97 Å². The maximum absolute atomic E-state index is 11.8. The molecular formula is C22H22IN3O4S. The summed E-state index contributed by atoms with van der Waals surface area (Å²) in [5, 5.41) is 17.0. The molecule has 0 fully saturated rings. The fourth-order valence-corrected chi connectivity index (χ4v) is 4.26. The van der Waals surface area contributed by atoms with E-state index in [0.29, 0.717) is 28.8 Å². The maximum Gasteiger partial charge on any atom is 0.342 e. The maximum atomic E-state index is 11.8. The molecular weight excluding hydrogens is 529 g/mol. The molecule has 0 aliphatic rings. The van der Waals surface area contributed by atoms with Crippen LogP contribution < -0.4 is 9.47 Å². The number of hydrogen-bond acceptors (Lipinski definition) is 6. The van der Waals surface area contributed by atoms with Crippen LogP contribution in [0, 0.1) is 3.57 Å². The summed E-state index contributed by atoms with van der Waals surface area (Å²) in [5.41, 5.74) is 1.73. The van der Waals surface area contributed by atoms with Crippen LogP contribution in [0.1, 0.15) is 30.3 Å². The van der Waals surface area contributed by atoms with Crippen LogP contribution in [0.25, 0.3) is 6.08 Å². The lowest BCUT2D eigenvalue weighted by Crippen LogP contribution is -2.01. The predicted octanol–water partition coefficient (Wildman–Crippen LogP) is 5.17. The van der Waals surface area contributed by atoms with Crippen LogP contribution in [0.15, 0.2) is 52.5 Å². The van der Waals surface area contributed by atoms with Crippen molar-refractivity contribution in [3.8, 4) is 11.5 Å². The summed E-state index contributed by atoms with van der Waals surface area (Å²) < 4.78 is 12.3. The number of rotatable bonds is 10. The van der Waals surface area contributed by atoms with Crippen LogP contribution in [-0.4, -0.2) is 33.4 Å². The number of carboxylic acids is 1. The van der Waals surface area contributed by atoms with Crippen molar-refractivity contribution in [2.24, 2.45) is 0 Å². The molecule has 0 aliphatic carbocycles. The Kier molecular flexibility index (Phi) is 8.35. The van der Waals surface area contributed by atoms with E-state index in [1.165, 1.54) is 0 Å². The van der Waals surface area contributed by atoms with E-state index in [2.05, 4.69) is 37.8 Å². The molecule has 0 saturated carbocycles. The van der Waals surface area contributed by atoms with Gasteiger partial charge in [-0.2, -0.15) is 0 Å². The Morgan fingerprint density at radius 3 is 2.74 bits per heavy atom. The number of aromatic amines is 1. The van der Waals surface area contributed by atoms with Crippen LogP contribution in [0.3, 0.4) is 0 Å². The third-order valence-corrected chi connectivity index (χ3v) is 5.86. The number of carboxylic acid groups (broad SMARTS) is 1. The van der Waals surface area contributed by atoms with Crippen molar-refractivity contribution in [1.29, 1.82) is 0 Å². The topological polar surface area (TPSA) is 97.3 Å². The summed E-state index contributed by atoms with van der Waals surface area (Å²) in [6.45, 7) is 2.45. The second-order valence-corrected chi connectivity index (χ2v) is 8.71. The van der Waals surface area contributed by atoms with Gasteiger partial charge in [-0.05, 0) is 70.1 Å². The molecule has 0 atom stereocenters. The van der Waals surface area contributed by atoms with Gasteiger partial charge in [0, 0.05) is 6.42 Å². The first-order valence-electron chi connectivity index (χ1n) is 9.58. The van der Waals surface area contributed by atoms with Crippen molar-refractivity contribution in [1.82, 2.24) is 15.2 Å². The van der Waals surface area contributed by atoms with Gasteiger partial charge in [-0.15, -0.1) is 5.10 Å². The average molecular weight is 551 g/mol. The lowest BCUT2D eigenvalue weighted by atomic mass is 10.2. The van der Waals surface area contributed by atoms with Crippen LogP contribution in [-0.2, 0) is 17.8 Å². The van der Waals surface area contributed by atoms with Crippen molar-refractivity contribution in [2.75, 3.05) is 7.11 Å². The minimum atomic E-state index is -1.05. The molecule has 0 radical (unpaired) electrons.